The molecule has 0 fully saturated rings. The number of para-hydroxylation sites is 1. The zero-order valence-corrected chi connectivity index (χ0v) is 18.1. The van der Waals surface area contributed by atoms with Crippen LogP contribution in [0, 0.1) is 0 Å². The highest BCUT2D eigenvalue weighted by atomic mass is 16.5. The van der Waals surface area contributed by atoms with Gasteiger partial charge in [0.1, 0.15) is 5.75 Å². The van der Waals surface area contributed by atoms with Crippen LogP contribution in [0.15, 0.2) is 72.8 Å². The molecule has 0 saturated heterocycles. The van der Waals surface area contributed by atoms with Crippen LogP contribution in [0.3, 0.4) is 0 Å². The van der Waals surface area contributed by atoms with Gasteiger partial charge < -0.3 is 15.0 Å². The molecular weight excluding hydrogens is 384 g/mol. The van der Waals surface area contributed by atoms with Crippen molar-refractivity contribution in [3.8, 4) is 5.75 Å². The maximum atomic E-state index is 12.5. The predicted octanol–water partition coefficient (Wildman–Crippen LogP) is 5.01. The predicted molar refractivity (Wildman–Crippen MR) is 126 cm³/mol. The van der Waals surface area contributed by atoms with E-state index in [0.29, 0.717) is 12.1 Å². The number of amides is 1. The van der Waals surface area contributed by atoms with Gasteiger partial charge in [0, 0.05) is 30.9 Å². The number of carbonyl (C=O) groups is 1. The van der Waals surface area contributed by atoms with Crippen LogP contribution in [-0.2, 0) is 19.4 Å². The second-order valence-corrected chi connectivity index (χ2v) is 8.06. The molecule has 0 spiro atoms. The van der Waals surface area contributed by atoms with Gasteiger partial charge in [-0.3, -0.25) is 4.79 Å². The lowest BCUT2D eigenvalue weighted by Crippen LogP contribution is -2.28. The molecule has 160 valence electrons. The second-order valence-electron chi connectivity index (χ2n) is 8.06. The van der Waals surface area contributed by atoms with Crippen LogP contribution in [-0.4, -0.2) is 26.1 Å². The highest BCUT2D eigenvalue weighted by molar-refractivity contribution is 5.94. The fourth-order valence-electron chi connectivity index (χ4n) is 4.15. The topological polar surface area (TPSA) is 41.6 Å². The van der Waals surface area contributed by atoms with Crippen LogP contribution in [0.25, 0.3) is 0 Å². The van der Waals surface area contributed by atoms with Crippen molar-refractivity contribution in [1.29, 1.82) is 0 Å². The molecule has 1 heterocycles. The van der Waals surface area contributed by atoms with Gasteiger partial charge in [-0.2, -0.15) is 0 Å². The van der Waals surface area contributed by atoms with Gasteiger partial charge in [0.2, 0.25) is 0 Å². The zero-order chi connectivity index (χ0) is 21.5. The quantitative estimate of drug-likeness (QED) is 0.527. The lowest BCUT2D eigenvalue weighted by atomic mass is 10.0. The number of anilines is 1. The van der Waals surface area contributed by atoms with Crippen LogP contribution in [0.2, 0.25) is 0 Å². The number of carbonyl (C=O) groups excluding carboxylic acids is 1. The van der Waals surface area contributed by atoms with Crippen molar-refractivity contribution in [3.63, 3.8) is 0 Å². The highest BCUT2D eigenvalue weighted by Crippen LogP contribution is 2.28. The second kappa shape index (κ2) is 10.2. The van der Waals surface area contributed by atoms with Gasteiger partial charge in [-0.15, -0.1) is 0 Å². The molecule has 4 heteroatoms. The Morgan fingerprint density at radius 3 is 2.48 bits per heavy atom. The first-order chi connectivity index (χ1) is 15.2. The smallest absolute Gasteiger partial charge is 0.251 e. The minimum absolute atomic E-state index is 0.00963. The third kappa shape index (κ3) is 5.46. The molecule has 4 rings (SSSR count). The molecule has 3 aromatic rings. The summed E-state index contributed by atoms with van der Waals surface area (Å²) in [5, 5.41) is 3.03. The molecule has 1 aliphatic heterocycles. The molecule has 4 nitrogen and oxygen atoms in total. The van der Waals surface area contributed by atoms with E-state index in [1.54, 1.807) is 7.11 Å². The molecule has 0 saturated carbocycles. The number of hydrogen-bond acceptors (Lipinski definition) is 3. The number of ether oxygens (including phenoxy) is 1. The first-order valence-corrected chi connectivity index (χ1v) is 11.1. The van der Waals surface area contributed by atoms with E-state index in [1.165, 1.54) is 28.8 Å². The Morgan fingerprint density at radius 2 is 1.71 bits per heavy atom. The van der Waals surface area contributed by atoms with Crippen LogP contribution in [0.4, 0.5) is 5.69 Å². The molecule has 0 radical (unpaired) electrons. The first-order valence-electron chi connectivity index (χ1n) is 11.1. The summed E-state index contributed by atoms with van der Waals surface area (Å²) >= 11 is 0. The van der Waals surface area contributed by atoms with Gasteiger partial charge in [-0.1, -0.05) is 42.5 Å². The van der Waals surface area contributed by atoms with Crippen LogP contribution < -0.4 is 15.0 Å². The van der Waals surface area contributed by atoms with Gasteiger partial charge in [0.15, 0.2) is 0 Å². The maximum absolute atomic E-state index is 12.5. The molecule has 1 N–H and O–H groups in total. The Balaban J connectivity index is 1.25. The molecule has 0 bridgehead atoms. The molecule has 0 atom stereocenters. The Morgan fingerprint density at radius 1 is 0.968 bits per heavy atom. The van der Waals surface area contributed by atoms with Crippen LogP contribution in [0.1, 0.15) is 39.9 Å². The number of aryl methyl sites for hydroxylation is 2. The number of nitrogens with zero attached hydrogens (tertiary/aromatic N) is 1. The van der Waals surface area contributed by atoms with Crippen molar-refractivity contribution in [2.24, 2.45) is 0 Å². The monoisotopic (exact) mass is 414 g/mol. The third-order valence-corrected chi connectivity index (χ3v) is 5.88. The number of methoxy groups -OCH3 is 1. The number of nitrogens with one attached hydrogen (secondary N) is 1. The Hall–Kier alpha value is -3.27. The van der Waals surface area contributed by atoms with Gasteiger partial charge in [-0.25, -0.2) is 0 Å². The van der Waals surface area contributed by atoms with Crippen molar-refractivity contribution in [1.82, 2.24) is 5.32 Å². The summed E-state index contributed by atoms with van der Waals surface area (Å²) in [4.78, 5) is 14.9. The van der Waals surface area contributed by atoms with E-state index in [0.717, 1.165) is 38.1 Å². The fraction of sp³-hybridized carbons (Fsp3) is 0.296. The van der Waals surface area contributed by atoms with Gasteiger partial charge in [0.25, 0.3) is 5.91 Å². The average Bonchev–Trinajstić information content (AvgIpc) is 2.83. The number of hydrogen-bond donors (Lipinski definition) is 1. The SMILES string of the molecule is COc1ccc(CCCNC(=O)c2ccc(CN3CCCc4ccccc43)cc2)cc1. The number of fused-ring (bicyclic) bond motifs is 1. The summed E-state index contributed by atoms with van der Waals surface area (Å²) in [5.74, 6) is 0.856. The van der Waals surface area contributed by atoms with E-state index < -0.39 is 0 Å². The lowest BCUT2D eigenvalue weighted by molar-refractivity contribution is 0.0953. The van der Waals surface area contributed by atoms with Gasteiger partial charge in [-0.05, 0) is 72.7 Å². The van der Waals surface area contributed by atoms with E-state index in [-0.39, 0.29) is 5.91 Å². The first kappa shape index (κ1) is 21.0. The Bertz CT molecular complexity index is 997. The van der Waals surface area contributed by atoms with E-state index in [4.69, 9.17) is 4.74 Å². The minimum Gasteiger partial charge on any atom is -0.497 e. The summed E-state index contributed by atoms with van der Waals surface area (Å²) in [6.07, 6.45) is 4.18. The maximum Gasteiger partial charge on any atom is 0.251 e. The summed E-state index contributed by atoms with van der Waals surface area (Å²) in [7, 11) is 1.67. The summed E-state index contributed by atoms with van der Waals surface area (Å²) in [5.41, 5.74) is 5.96. The molecule has 0 aromatic heterocycles. The highest BCUT2D eigenvalue weighted by Gasteiger charge is 2.16. The summed E-state index contributed by atoms with van der Waals surface area (Å²) in [6.45, 7) is 2.62. The van der Waals surface area contributed by atoms with Crippen molar-refractivity contribution < 1.29 is 9.53 Å². The number of rotatable bonds is 8. The molecular formula is C27H30N2O2. The number of benzene rings is 3. The minimum atomic E-state index is -0.00963. The third-order valence-electron chi connectivity index (χ3n) is 5.88. The summed E-state index contributed by atoms with van der Waals surface area (Å²) < 4.78 is 5.18. The average molecular weight is 415 g/mol. The largest absolute Gasteiger partial charge is 0.497 e. The van der Waals surface area contributed by atoms with E-state index in [2.05, 4.69) is 58.7 Å². The van der Waals surface area contributed by atoms with Crippen LogP contribution in [0.5, 0.6) is 5.75 Å². The molecule has 1 amide bonds. The standard InChI is InChI=1S/C27H30N2O2/c1-31-25-16-12-21(13-17-25)6-4-18-28-27(30)24-14-10-22(11-15-24)20-29-19-5-8-23-7-2-3-9-26(23)29/h2-3,7,9-17H,4-6,8,18-20H2,1H3,(H,28,30). The van der Waals surface area contributed by atoms with Crippen molar-refractivity contribution >= 4 is 11.6 Å². The molecule has 31 heavy (non-hydrogen) atoms. The normalized spacial score (nSPS) is 12.9. The van der Waals surface area contributed by atoms with Crippen LogP contribution >= 0.6 is 0 Å². The molecule has 0 unspecified atom stereocenters. The lowest BCUT2D eigenvalue weighted by Gasteiger charge is -2.31. The van der Waals surface area contributed by atoms with Crippen molar-refractivity contribution in [3.05, 3.63) is 95.1 Å². The zero-order valence-electron chi connectivity index (χ0n) is 18.1. The Labute approximate surface area is 184 Å². The molecule has 3 aromatic carbocycles. The Kier molecular flexibility index (Phi) is 6.88. The van der Waals surface area contributed by atoms with Gasteiger partial charge >= 0.3 is 0 Å². The van der Waals surface area contributed by atoms with Gasteiger partial charge in [0.05, 0.1) is 7.11 Å². The molecule has 1 aliphatic rings. The van der Waals surface area contributed by atoms with E-state index in [9.17, 15) is 4.79 Å². The van der Waals surface area contributed by atoms with Crippen molar-refractivity contribution in [2.45, 2.75) is 32.2 Å². The van der Waals surface area contributed by atoms with Crippen molar-refractivity contribution in [2.75, 3.05) is 25.1 Å². The molecule has 0 aliphatic carbocycles. The fourth-order valence-corrected chi connectivity index (χ4v) is 4.15. The summed E-state index contributed by atoms with van der Waals surface area (Å²) in [6, 6.07) is 24.8. The van der Waals surface area contributed by atoms with E-state index >= 15 is 0 Å². The van der Waals surface area contributed by atoms with E-state index in [1.807, 2.05) is 24.3 Å².